The Morgan fingerprint density at radius 1 is 1.16 bits per heavy atom. The summed E-state index contributed by atoms with van der Waals surface area (Å²) < 4.78 is 11.1. The van der Waals surface area contributed by atoms with Crippen LogP contribution in [0.3, 0.4) is 0 Å². The number of carbonyl (C=O) groups excluding carboxylic acids is 2. The monoisotopic (exact) mass is 359 g/mol. The summed E-state index contributed by atoms with van der Waals surface area (Å²) in [5, 5.41) is 1.73. The molecule has 0 atom stereocenters. The molecule has 0 fully saturated rings. The Bertz CT molecular complexity index is 860. The topological polar surface area (TPSA) is 78.6 Å². The lowest BCUT2D eigenvalue weighted by Gasteiger charge is -2.35. The number of esters is 2. The zero-order valence-electron chi connectivity index (χ0n) is 14.5. The molecule has 0 saturated carbocycles. The van der Waals surface area contributed by atoms with E-state index in [2.05, 4.69) is 13.8 Å². The third-order valence-electron chi connectivity index (χ3n) is 4.36. The maximum absolute atomic E-state index is 11.9. The Balaban J connectivity index is 2.41. The molecule has 1 heterocycles. The zero-order valence-corrected chi connectivity index (χ0v) is 15.4. The third-order valence-corrected chi connectivity index (χ3v) is 5.48. The van der Waals surface area contributed by atoms with Crippen LogP contribution in [-0.2, 0) is 15.0 Å². The summed E-state index contributed by atoms with van der Waals surface area (Å²) >= 11 is 1.74. The van der Waals surface area contributed by atoms with Gasteiger partial charge in [-0.3, -0.25) is 9.59 Å². The Hall–Kier alpha value is -2.05. The summed E-state index contributed by atoms with van der Waals surface area (Å²) in [5.41, 5.74) is 6.13. The van der Waals surface area contributed by atoms with E-state index in [-0.39, 0.29) is 17.7 Å². The largest absolute Gasteiger partial charge is 0.422 e. The molecule has 3 rings (SSSR count). The molecule has 132 valence electrons. The quantitative estimate of drug-likeness (QED) is 0.668. The van der Waals surface area contributed by atoms with Gasteiger partial charge in [0.05, 0.1) is 6.54 Å². The molecular weight excluding hydrogens is 338 g/mol. The fourth-order valence-electron chi connectivity index (χ4n) is 3.15. The number of thioether (sulfide) groups is 1. The van der Waals surface area contributed by atoms with Crippen molar-refractivity contribution in [1.82, 2.24) is 0 Å². The second-order valence-corrected chi connectivity index (χ2v) is 7.77. The highest BCUT2D eigenvalue weighted by molar-refractivity contribution is 7.99. The summed E-state index contributed by atoms with van der Waals surface area (Å²) in [6, 6.07) is 7.68. The fraction of sp³-hybridized carbons (Fsp3) is 0.368. The minimum absolute atomic E-state index is 0.209. The van der Waals surface area contributed by atoms with E-state index >= 15 is 0 Å². The van der Waals surface area contributed by atoms with Crippen molar-refractivity contribution in [2.45, 2.75) is 37.5 Å². The number of carbonyl (C=O) groups is 2. The molecule has 6 heteroatoms. The summed E-state index contributed by atoms with van der Waals surface area (Å²) in [6.45, 7) is 5.33. The number of nitrogens with two attached hydrogens (primary N) is 1. The molecule has 2 aromatic rings. The molecule has 5 nitrogen and oxygen atoms in total. The summed E-state index contributed by atoms with van der Waals surface area (Å²) in [5.74, 6) is 0.565. The third kappa shape index (κ3) is 3.24. The van der Waals surface area contributed by atoms with Gasteiger partial charge in [-0.15, -0.1) is 11.8 Å². The van der Waals surface area contributed by atoms with Crippen molar-refractivity contribution in [3.8, 4) is 11.5 Å². The van der Waals surface area contributed by atoms with Crippen LogP contribution in [-0.4, -0.2) is 24.2 Å². The first-order chi connectivity index (χ1) is 11.8. The van der Waals surface area contributed by atoms with E-state index < -0.39 is 11.9 Å². The summed E-state index contributed by atoms with van der Waals surface area (Å²) in [4.78, 5) is 24.7. The lowest BCUT2D eigenvalue weighted by molar-refractivity contribution is -0.135. The molecule has 25 heavy (non-hydrogen) atoms. The molecule has 0 aliphatic carbocycles. The van der Waals surface area contributed by atoms with Gasteiger partial charge in [-0.25, -0.2) is 0 Å². The lowest BCUT2D eigenvalue weighted by Crippen LogP contribution is -2.26. The minimum atomic E-state index is -0.570. The van der Waals surface area contributed by atoms with E-state index in [9.17, 15) is 9.59 Å². The van der Waals surface area contributed by atoms with Crippen LogP contribution in [0.2, 0.25) is 0 Å². The van der Waals surface area contributed by atoms with Crippen molar-refractivity contribution in [2.24, 2.45) is 5.73 Å². The summed E-state index contributed by atoms with van der Waals surface area (Å²) in [7, 11) is 0. The average Bonchev–Trinajstić information content (AvgIpc) is 2.56. The molecular formula is C19H21NO4S. The van der Waals surface area contributed by atoms with Crippen molar-refractivity contribution in [2.75, 3.05) is 12.3 Å². The molecule has 1 aliphatic heterocycles. The van der Waals surface area contributed by atoms with Crippen LogP contribution >= 0.6 is 11.8 Å². The molecule has 0 bridgehead atoms. The normalized spacial score (nSPS) is 15.5. The first-order valence-electron chi connectivity index (χ1n) is 8.16. The van der Waals surface area contributed by atoms with Gasteiger partial charge in [0.25, 0.3) is 0 Å². The number of hydrogen-bond acceptors (Lipinski definition) is 6. The minimum Gasteiger partial charge on any atom is -0.422 e. The van der Waals surface area contributed by atoms with Gasteiger partial charge in [0.15, 0.2) is 11.5 Å². The Morgan fingerprint density at radius 3 is 2.48 bits per heavy atom. The van der Waals surface area contributed by atoms with Gasteiger partial charge in [0.2, 0.25) is 0 Å². The molecule has 2 N–H and O–H groups in total. The fourth-order valence-corrected chi connectivity index (χ4v) is 4.81. The van der Waals surface area contributed by atoms with E-state index in [0.29, 0.717) is 5.75 Å². The van der Waals surface area contributed by atoms with Crippen LogP contribution in [0.1, 0.15) is 32.8 Å². The van der Waals surface area contributed by atoms with Crippen LogP contribution in [0.5, 0.6) is 11.5 Å². The highest BCUT2D eigenvalue weighted by Gasteiger charge is 2.36. The number of hydrogen-bond donors (Lipinski definition) is 1. The average molecular weight is 359 g/mol. The predicted octanol–water partition coefficient (Wildman–Crippen LogP) is 3.40. The SMILES string of the molecule is CC(=O)Oc1c2c(c3ccccc3c1OC(=O)CN)SCCC2(C)C. The van der Waals surface area contributed by atoms with Gasteiger partial charge in [0, 0.05) is 22.8 Å². The maximum Gasteiger partial charge on any atom is 0.325 e. The lowest BCUT2D eigenvalue weighted by atomic mass is 9.80. The number of benzene rings is 2. The van der Waals surface area contributed by atoms with Gasteiger partial charge in [-0.2, -0.15) is 0 Å². The Kier molecular flexibility index (Phi) is 4.75. The van der Waals surface area contributed by atoms with Gasteiger partial charge >= 0.3 is 11.9 Å². The van der Waals surface area contributed by atoms with E-state index in [1.807, 2.05) is 24.3 Å². The van der Waals surface area contributed by atoms with Crippen molar-refractivity contribution in [3.63, 3.8) is 0 Å². The van der Waals surface area contributed by atoms with Crippen molar-refractivity contribution in [3.05, 3.63) is 29.8 Å². The van der Waals surface area contributed by atoms with Crippen LogP contribution < -0.4 is 15.2 Å². The van der Waals surface area contributed by atoms with Crippen molar-refractivity contribution < 1.29 is 19.1 Å². The van der Waals surface area contributed by atoms with Crippen molar-refractivity contribution >= 4 is 34.5 Å². The van der Waals surface area contributed by atoms with Gasteiger partial charge in [-0.05, 0) is 23.0 Å². The smallest absolute Gasteiger partial charge is 0.325 e. The molecule has 0 aromatic heterocycles. The zero-order chi connectivity index (χ0) is 18.2. The highest BCUT2D eigenvalue weighted by atomic mass is 32.2. The van der Waals surface area contributed by atoms with Crippen LogP contribution in [0, 0.1) is 0 Å². The number of fused-ring (bicyclic) bond motifs is 3. The van der Waals surface area contributed by atoms with E-state index in [1.54, 1.807) is 11.8 Å². The summed E-state index contributed by atoms with van der Waals surface area (Å²) in [6.07, 6.45) is 0.932. The van der Waals surface area contributed by atoms with Crippen molar-refractivity contribution in [1.29, 1.82) is 0 Å². The number of ether oxygens (including phenoxy) is 2. The highest BCUT2D eigenvalue weighted by Crippen LogP contribution is 2.54. The predicted molar refractivity (Wildman–Crippen MR) is 98.3 cm³/mol. The van der Waals surface area contributed by atoms with E-state index in [0.717, 1.165) is 33.4 Å². The molecule has 0 unspecified atom stereocenters. The molecule has 1 aliphatic rings. The first kappa shape index (κ1) is 17.8. The van der Waals surface area contributed by atoms with E-state index in [1.165, 1.54) is 6.92 Å². The van der Waals surface area contributed by atoms with E-state index in [4.69, 9.17) is 15.2 Å². The maximum atomic E-state index is 11.9. The van der Waals surface area contributed by atoms with Crippen LogP contribution in [0.25, 0.3) is 10.8 Å². The standard InChI is InChI=1S/C19H21NO4S/c1-11(21)23-17-15-18(25-9-8-19(15,2)3)13-7-5-4-6-12(13)16(17)24-14(22)10-20/h4-7H,8-10,20H2,1-3H3. The van der Waals surface area contributed by atoms with Crippen LogP contribution in [0.4, 0.5) is 0 Å². The van der Waals surface area contributed by atoms with Gasteiger partial charge in [-0.1, -0.05) is 38.1 Å². The molecule has 0 spiro atoms. The molecule has 0 saturated heterocycles. The Labute approximate surface area is 150 Å². The molecule has 0 amide bonds. The molecule has 0 radical (unpaired) electrons. The van der Waals surface area contributed by atoms with Gasteiger partial charge in [0.1, 0.15) is 0 Å². The second kappa shape index (κ2) is 6.69. The molecule has 2 aromatic carbocycles. The first-order valence-corrected chi connectivity index (χ1v) is 9.15. The second-order valence-electron chi connectivity index (χ2n) is 6.66. The van der Waals surface area contributed by atoms with Crippen LogP contribution in [0.15, 0.2) is 29.2 Å². The van der Waals surface area contributed by atoms with Gasteiger partial charge < -0.3 is 15.2 Å². The number of rotatable bonds is 3. The Morgan fingerprint density at radius 2 is 1.84 bits per heavy atom.